The fourth-order valence-electron chi connectivity index (χ4n) is 1.11. The number of nitrogens with one attached hydrogen (secondary N) is 1. The Bertz CT molecular complexity index is 569. The lowest BCUT2D eigenvalue weighted by atomic mass is 9.95. The summed E-state index contributed by atoms with van der Waals surface area (Å²) in [6.07, 6.45) is 0. The van der Waals surface area contributed by atoms with Gasteiger partial charge in [-0.15, -0.1) is 0 Å². The maximum absolute atomic E-state index is 11.1. The Labute approximate surface area is 73.6 Å². The molecule has 0 saturated carbocycles. The first-order chi connectivity index (χ1) is 6.16. The molecule has 5 heteroatoms. The predicted molar refractivity (Wildman–Crippen MR) is 48.5 cm³/mol. The highest BCUT2D eigenvalue weighted by Gasteiger charge is 2.00. The van der Waals surface area contributed by atoms with Crippen LogP contribution in [0.5, 0.6) is 0 Å². The van der Waals surface area contributed by atoms with Crippen LogP contribution in [-0.4, -0.2) is 12.8 Å². The molecule has 0 aliphatic heterocycles. The van der Waals surface area contributed by atoms with Gasteiger partial charge in [0.1, 0.15) is 7.85 Å². The van der Waals surface area contributed by atoms with E-state index in [0.29, 0.717) is 11.0 Å². The Morgan fingerprint density at radius 3 is 2.85 bits per heavy atom. The summed E-state index contributed by atoms with van der Waals surface area (Å²) >= 11 is 0. The number of hydrogen-bond donors (Lipinski definition) is 1. The number of rotatable bonds is 0. The molecule has 1 aromatic heterocycles. The molecule has 0 bridgehead atoms. The highest BCUT2D eigenvalue weighted by molar-refractivity contribution is 6.33. The molecule has 62 valence electrons. The lowest BCUT2D eigenvalue weighted by molar-refractivity contribution is 0.460. The maximum atomic E-state index is 11.1. The van der Waals surface area contributed by atoms with Gasteiger partial charge in [-0.3, -0.25) is 4.98 Å². The number of H-pyrrole nitrogens is 1. The summed E-state index contributed by atoms with van der Waals surface area (Å²) in [7, 11) is 5.46. The lowest BCUT2D eigenvalue weighted by Crippen LogP contribution is -2.16. The Morgan fingerprint density at radius 2 is 2.08 bits per heavy atom. The third kappa shape index (κ3) is 1.28. The van der Waals surface area contributed by atoms with E-state index in [4.69, 9.17) is 7.85 Å². The van der Waals surface area contributed by atoms with Crippen LogP contribution >= 0.6 is 0 Å². The minimum absolute atomic E-state index is 0.277. The van der Waals surface area contributed by atoms with Gasteiger partial charge in [-0.1, -0.05) is 17.6 Å². The van der Waals surface area contributed by atoms with Gasteiger partial charge >= 0.3 is 11.4 Å². The lowest BCUT2D eigenvalue weighted by Gasteiger charge is -1.95. The summed E-state index contributed by atoms with van der Waals surface area (Å²) in [5, 5.41) is 0.277. The molecule has 2 rings (SSSR count). The fourth-order valence-corrected chi connectivity index (χ4v) is 1.11. The summed E-state index contributed by atoms with van der Waals surface area (Å²) in [4.78, 5) is 24.2. The molecular formula is C8H4BNO3. The predicted octanol–water partition coefficient (Wildman–Crippen LogP) is -0.725. The van der Waals surface area contributed by atoms with Gasteiger partial charge in [-0.2, -0.15) is 0 Å². The molecule has 13 heavy (non-hydrogen) atoms. The van der Waals surface area contributed by atoms with Crippen LogP contribution in [0.15, 0.2) is 32.2 Å². The fraction of sp³-hybridized carbons (Fsp3) is 0. The number of aromatic amines is 1. The second-order valence-corrected chi connectivity index (χ2v) is 2.61. The van der Waals surface area contributed by atoms with Gasteiger partial charge < -0.3 is 4.42 Å². The molecule has 0 unspecified atom stereocenters. The van der Waals surface area contributed by atoms with E-state index in [0.717, 1.165) is 0 Å². The zero-order valence-corrected chi connectivity index (χ0v) is 6.53. The summed E-state index contributed by atoms with van der Waals surface area (Å²) in [6, 6.07) is 4.61. The van der Waals surface area contributed by atoms with Crippen LogP contribution in [-0.2, 0) is 0 Å². The van der Waals surface area contributed by atoms with Gasteiger partial charge in [0.2, 0.25) is 0 Å². The number of benzene rings is 1. The van der Waals surface area contributed by atoms with Crippen LogP contribution in [0.2, 0.25) is 0 Å². The van der Waals surface area contributed by atoms with Crippen molar-refractivity contribution in [3.63, 3.8) is 0 Å². The van der Waals surface area contributed by atoms with Gasteiger partial charge in [0, 0.05) is 0 Å². The molecule has 0 amide bonds. The summed E-state index contributed by atoms with van der Waals surface area (Å²) < 4.78 is 4.32. The Morgan fingerprint density at radius 1 is 1.31 bits per heavy atom. The third-order valence-corrected chi connectivity index (χ3v) is 1.69. The van der Waals surface area contributed by atoms with Crippen molar-refractivity contribution in [3.8, 4) is 0 Å². The molecule has 0 spiro atoms. The van der Waals surface area contributed by atoms with Crippen LogP contribution in [0, 0.1) is 0 Å². The second kappa shape index (κ2) is 2.62. The largest absolute Gasteiger partial charge is 0.419 e. The molecule has 1 N–H and O–H groups in total. The van der Waals surface area contributed by atoms with E-state index in [-0.39, 0.29) is 5.39 Å². The van der Waals surface area contributed by atoms with Crippen molar-refractivity contribution in [2.24, 2.45) is 0 Å². The Hall–Kier alpha value is -1.78. The Balaban J connectivity index is 3.04. The van der Waals surface area contributed by atoms with E-state index in [2.05, 4.69) is 9.40 Å². The zero-order valence-electron chi connectivity index (χ0n) is 6.53. The van der Waals surface area contributed by atoms with Crippen molar-refractivity contribution in [2.45, 2.75) is 0 Å². The normalized spacial score (nSPS) is 10.5. The van der Waals surface area contributed by atoms with E-state index in [1.807, 2.05) is 0 Å². The molecule has 2 aromatic rings. The van der Waals surface area contributed by atoms with Gasteiger partial charge in [0.25, 0.3) is 0 Å². The standard InChI is InChI=1S/C8H4BNO3/c9-4-1-2-6-5(3-4)7(11)13-8(12)10-6/h1-3H,(H,10,12). The summed E-state index contributed by atoms with van der Waals surface area (Å²) in [5.41, 5.74) is 0.202. The second-order valence-electron chi connectivity index (χ2n) is 2.61. The van der Waals surface area contributed by atoms with Gasteiger partial charge in [-0.25, -0.2) is 9.59 Å². The minimum atomic E-state index is -0.762. The van der Waals surface area contributed by atoms with Crippen molar-refractivity contribution in [1.29, 1.82) is 0 Å². The van der Waals surface area contributed by atoms with Crippen molar-refractivity contribution >= 4 is 24.2 Å². The molecular weight excluding hydrogens is 169 g/mol. The monoisotopic (exact) mass is 173 g/mol. The van der Waals surface area contributed by atoms with E-state index in [9.17, 15) is 9.59 Å². The van der Waals surface area contributed by atoms with E-state index >= 15 is 0 Å². The molecule has 0 aliphatic rings. The topological polar surface area (TPSA) is 63.1 Å². The average molecular weight is 173 g/mol. The van der Waals surface area contributed by atoms with Crippen LogP contribution < -0.4 is 16.8 Å². The van der Waals surface area contributed by atoms with Crippen LogP contribution in [0.4, 0.5) is 0 Å². The van der Waals surface area contributed by atoms with Crippen molar-refractivity contribution in [1.82, 2.24) is 4.98 Å². The first-order valence-corrected chi connectivity index (χ1v) is 3.59. The maximum Gasteiger partial charge on any atom is 0.419 e. The molecule has 0 atom stereocenters. The number of hydrogen-bond acceptors (Lipinski definition) is 3. The third-order valence-electron chi connectivity index (χ3n) is 1.69. The quantitative estimate of drug-likeness (QED) is 0.534. The molecule has 1 aromatic carbocycles. The van der Waals surface area contributed by atoms with Gasteiger partial charge in [-0.05, 0) is 6.07 Å². The summed E-state index contributed by atoms with van der Waals surface area (Å²) in [6.45, 7) is 0. The zero-order chi connectivity index (χ0) is 9.42. The highest BCUT2D eigenvalue weighted by atomic mass is 16.4. The van der Waals surface area contributed by atoms with Crippen molar-refractivity contribution in [3.05, 3.63) is 39.2 Å². The SMILES string of the molecule is [B]c1ccc2[nH]c(=O)oc(=O)c2c1. The van der Waals surface area contributed by atoms with E-state index in [1.54, 1.807) is 12.1 Å². The molecule has 2 radical (unpaired) electrons. The van der Waals surface area contributed by atoms with E-state index < -0.39 is 11.4 Å². The molecule has 4 nitrogen and oxygen atoms in total. The molecule has 0 aliphatic carbocycles. The molecule has 0 saturated heterocycles. The molecule has 1 heterocycles. The number of fused-ring (bicyclic) bond motifs is 1. The average Bonchev–Trinajstić information content (AvgIpc) is 2.06. The smallest absolute Gasteiger partial charge is 0.372 e. The minimum Gasteiger partial charge on any atom is -0.372 e. The van der Waals surface area contributed by atoms with Gasteiger partial charge in [0.15, 0.2) is 0 Å². The Kier molecular flexibility index (Phi) is 1.58. The van der Waals surface area contributed by atoms with Crippen LogP contribution in [0.3, 0.4) is 0 Å². The van der Waals surface area contributed by atoms with Crippen molar-refractivity contribution < 1.29 is 4.42 Å². The van der Waals surface area contributed by atoms with Gasteiger partial charge in [0.05, 0.1) is 10.9 Å². The van der Waals surface area contributed by atoms with Crippen molar-refractivity contribution in [2.75, 3.05) is 0 Å². The first kappa shape index (κ1) is 7.85. The highest BCUT2D eigenvalue weighted by Crippen LogP contribution is 2.00. The molecule has 0 fully saturated rings. The van der Waals surface area contributed by atoms with E-state index in [1.165, 1.54) is 6.07 Å². The first-order valence-electron chi connectivity index (χ1n) is 3.59. The number of aromatic nitrogens is 1. The van der Waals surface area contributed by atoms with Crippen LogP contribution in [0.1, 0.15) is 0 Å². The summed E-state index contributed by atoms with van der Waals surface area (Å²) in [5.74, 6) is -0.762. The van der Waals surface area contributed by atoms with Crippen LogP contribution in [0.25, 0.3) is 10.9 Å².